The zero-order valence-corrected chi connectivity index (χ0v) is 14.4. The van der Waals surface area contributed by atoms with E-state index in [-0.39, 0.29) is 5.75 Å². The van der Waals surface area contributed by atoms with E-state index in [4.69, 9.17) is 20.4 Å². The molecule has 0 heterocycles. The van der Waals surface area contributed by atoms with Crippen LogP contribution in [0.25, 0.3) is 6.08 Å². The van der Waals surface area contributed by atoms with Gasteiger partial charge in [0.15, 0.2) is 0 Å². The van der Waals surface area contributed by atoms with Crippen molar-refractivity contribution < 1.29 is 30.0 Å². The number of unbranched alkanes of at least 4 members (excludes halogenated alkanes) is 6. The van der Waals surface area contributed by atoms with Crippen LogP contribution in [-0.4, -0.2) is 39.0 Å². The molecule has 0 radical (unpaired) electrons. The molecule has 6 heteroatoms. The molecule has 140 valence electrons. The highest BCUT2D eigenvalue weighted by Crippen LogP contribution is 2.11. The van der Waals surface area contributed by atoms with Gasteiger partial charge in [-0.2, -0.15) is 0 Å². The SMILES string of the molecule is O=C(O)C=Cc1cccc(O)c1.O=C(O)CCCCCCCCCO. The fraction of sp³-hybridized carbons (Fsp3) is 0.474. The molecule has 6 nitrogen and oxygen atoms in total. The summed E-state index contributed by atoms with van der Waals surface area (Å²) in [5, 5.41) is 34.2. The number of aliphatic hydroxyl groups is 1. The van der Waals surface area contributed by atoms with E-state index in [9.17, 15) is 9.59 Å². The zero-order chi connectivity index (χ0) is 18.9. The Morgan fingerprint density at radius 2 is 1.52 bits per heavy atom. The van der Waals surface area contributed by atoms with Gasteiger partial charge in [0.05, 0.1) is 0 Å². The number of carbonyl (C=O) groups is 2. The van der Waals surface area contributed by atoms with Crippen molar-refractivity contribution in [2.24, 2.45) is 0 Å². The predicted octanol–water partition coefficient (Wildman–Crippen LogP) is 3.67. The number of benzene rings is 1. The number of phenols is 1. The Morgan fingerprint density at radius 3 is 2.04 bits per heavy atom. The molecule has 1 aromatic carbocycles. The first-order valence-corrected chi connectivity index (χ1v) is 8.48. The maximum absolute atomic E-state index is 10.1. The van der Waals surface area contributed by atoms with Crippen LogP contribution in [0.1, 0.15) is 56.9 Å². The van der Waals surface area contributed by atoms with Crippen LogP contribution in [0.2, 0.25) is 0 Å². The minimum atomic E-state index is -1.00. The summed E-state index contributed by atoms with van der Waals surface area (Å²) in [5.41, 5.74) is 0.664. The van der Waals surface area contributed by atoms with Gasteiger partial charge < -0.3 is 20.4 Å². The molecule has 0 aliphatic heterocycles. The van der Waals surface area contributed by atoms with Crippen LogP contribution < -0.4 is 0 Å². The molecule has 0 amide bonds. The monoisotopic (exact) mass is 352 g/mol. The van der Waals surface area contributed by atoms with Crippen molar-refractivity contribution in [1.29, 1.82) is 0 Å². The van der Waals surface area contributed by atoms with Crippen LogP contribution in [0, 0.1) is 0 Å². The number of carboxylic acid groups (broad SMARTS) is 2. The molecule has 1 aromatic rings. The molecule has 0 spiro atoms. The Labute approximate surface area is 148 Å². The van der Waals surface area contributed by atoms with Gasteiger partial charge in [0.25, 0.3) is 0 Å². The molecule has 0 aliphatic rings. The van der Waals surface area contributed by atoms with E-state index < -0.39 is 11.9 Å². The lowest BCUT2D eigenvalue weighted by atomic mass is 10.1. The fourth-order valence-corrected chi connectivity index (χ4v) is 2.07. The minimum absolute atomic E-state index is 0.127. The van der Waals surface area contributed by atoms with E-state index in [1.54, 1.807) is 12.1 Å². The van der Waals surface area contributed by atoms with E-state index in [2.05, 4.69) is 0 Å². The van der Waals surface area contributed by atoms with E-state index in [0.29, 0.717) is 18.6 Å². The van der Waals surface area contributed by atoms with Crippen LogP contribution in [-0.2, 0) is 9.59 Å². The van der Waals surface area contributed by atoms with Gasteiger partial charge in [-0.3, -0.25) is 4.79 Å². The van der Waals surface area contributed by atoms with Gasteiger partial charge in [-0.1, -0.05) is 44.2 Å². The Bertz CT molecular complexity index is 524. The Kier molecular flexibility index (Phi) is 13.8. The summed E-state index contributed by atoms with van der Waals surface area (Å²) in [6.45, 7) is 0.291. The first-order chi connectivity index (χ1) is 12.0. The molecular formula is C19H28O6. The average molecular weight is 352 g/mol. The number of hydrogen-bond donors (Lipinski definition) is 4. The molecule has 0 saturated heterocycles. The summed E-state index contributed by atoms with van der Waals surface area (Å²) in [6.07, 6.45) is 10.0. The molecule has 0 bridgehead atoms. The van der Waals surface area contributed by atoms with Crippen LogP contribution in [0.4, 0.5) is 0 Å². The third-order valence-corrected chi connectivity index (χ3v) is 3.34. The summed E-state index contributed by atoms with van der Waals surface area (Å²) >= 11 is 0. The highest BCUT2D eigenvalue weighted by atomic mass is 16.4. The minimum Gasteiger partial charge on any atom is -0.508 e. The van der Waals surface area contributed by atoms with Crippen molar-refractivity contribution in [3.05, 3.63) is 35.9 Å². The van der Waals surface area contributed by atoms with Gasteiger partial charge in [0, 0.05) is 19.1 Å². The number of phenolic OH excluding ortho intramolecular Hbond substituents is 1. The summed E-state index contributed by atoms with van der Waals surface area (Å²) in [5.74, 6) is -1.57. The number of aliphatic carboxylic acids is 2. The Morgan fingerprint density at radius 1 is 0.920 bits per heavy atom. The van der Waals surface area contributed by atoms with Gasteiger partial charge in [-0.25, -0.2) is 4.79 Å². The van der Waals surface area contributed by atoms with Crippen molar-refractivity contribution in [3.8, 4) is 5.75 Å². The van der Waals surface area contributed by atoms with Crippen molar-refractivity contribution in [1.82, 2.24) is 0 Å². The largest absolute Gasteiger partial charge is 0.508 e. The van der Waals surface area contributed by atoms with Crippen LogP contribution in [0.15, 0.2) is 30.3 Å². The van der Waals surface area contributed by atoms with Crippen molar-refractivity contribution >= 4 is 18.0 Å². The van der Waals surface area contributed by atoms with Crippen molar-refractivity contribution in [2.75, 3.05) is 6.61 Å². The molecule has 1 rings (SSSR count). The van der Waals surface area contributed by atoms with E-state index in [1.165, 1.54) is 24.6 Å². The predicted molar refractivity (Wildman–Crippen MR) is 96.4 cm³/mol. The molecular weight excluding hydrogens is 324 g/mol. The number of carboxylic acids is 2. The van der Waals surface area contributed by atoms with E-state index >= 15 is 0 Å². The molecule has 25 heavy (non-hydrogen) atoms. The lowest BCUT2D eigenvalue weighted by Gasteiger charge is -1.99. The number of hydrogen-bond acceptors (Lipinski definition) is 4. The summed E-state index contributed by atoms with van der Waals surface area (Å²) in [4.78, 5) is 20.3. The quantitative estimate of drug-likeness (QED) is 0.357. The summed E-state index contributed by atoms with van der Waals surface area (Å²) in [7, 11) is 0. The highest BCUT2D eigenvalue weighted by molar-refractivity contribution is 5.85. The Balaban J connectivity index is 0.000000462. The molecule has 0 fully saturated rings. The second-order valence-electron chi connectivity index (χ2n) is 5.61. The van der Waals surface area contributed by atoms with Crippen LogP contribution in [0.5, 0.6) is 5.75 Å². The molecule has 0 aromatic heterocycles. The van der Waals surface area contributed by atoms with Crippen LogP contribution >= 0.6 is 0 Å². The maximum atomic E-state index is 10.1. The van der Waals surface area contributed by atoms with Gasteiger partial charge in [0.2, 0.25) is 0 Å². The molecule has 0 saturated carbocycles. The number of aromatic hydroxyl groups is 1. The summed E-state index contributed by atoms with van der Waals surface area (Å²) < 4.78 is 0. The van der Waals surface area contributed by atoms with E-state index in [1.807, 2.05) is 0 Å². The van der Waals surface area contributed by atoms with Crippen LogP contribution in [0.3, 0.4) is 0 Å². The first kappa shape index (κ1) is 22.7. The molecule has 0 aliphatic carbocycles. The third-order valence-electron chi connectivity index (χ3n) is 3.34. The number of aliphatic hydroxyl groups excluding tert-OH is 1. The second-order valence-corrected chi connectivity index (χ2v) is 5.61. The standard InChI is InChI=1S/C10H20O3.C9H8O3/c11-9-7-5-3-1-2-4-6-8-10(12)13;10-8-3-1-2-7(6-8)4-5-9(11)12/h11H,1-9H2,(H,12,13);1-6,10H,(H,11,12). The van der Waals surface area contributed by atoms with Gasteiger partial charge in [-0.15, -0.1) is 0 Å². The normalized spacial score (nSPS) is 10.3. The lowest BCUT2D eigenvalue weighted by Crippen LogP contribution is -1.93. The van der Waals surface area contributed by atoms with Crippen molar-refractivity contribution in [3.63, 3.8) is 0 Å². The maximum Gasteiger partial charge on any atom is 0.328 e. The first-order valence-electron chi connectivity index (χ1n) is 8.48. The number of rotatable bonds is 11. The average Bonchev–Trinajstić information content (AvgIpc) is 2.56. The van der Waals surface area contributed by atoms with E-state index in [0.717, 1.165) is 44.6 Å². The smallest absolute Gasteiger partial charge is 0.328 e. The van der Waals surface area contributed by atoms with Gasteiger partial charge in [-0.05, 0) is 36.6 Å². The fourth-order valence-electron chi connectivity index (χ4n) is 2.07. The zero-order valence-electron chi connectivity index (χ0n) is 14.4. The van der Waals surface area contributed by atoms with Gasteiger partial charge >= 0.3 is 11.9 Å². The highest BCUT2D eigenvalue weighted by Gasteiger charge is 1.96. The van der Waals surface area contributed by atoms with Gasteiger partial charge in [0.1, 0.15) is 5.75 Å². The second kappa shape index (κ2) is 15.2. The summed E-state index contributed by atoms with van der Waals surface area (Å²) in [6, 6.07) is 6.37. The third kappa shape index (κ3) is 16.3. The topological polar surface area (TPSA) is 115 Å². The molecule has 0 atom stereocenters. The Hall–Kier alpha value is -2.34. The molecule has 4 N–H and O–H groups in total. The lowest BCUT2D eigenvalue weighted by molar-refractivity contribution is -0.137. The molecule has 0 unspecified atom stereocenters. The van der Waals surface area contributed by atoms with Crippen molar-refractivity contribution in [2.45, 2.75) is 51.4 Å².